The van der Waals surface area contributed by atoms with Crippen LogP contribution in [0.15, 0.2) is 59.5 Å². The summed E-state index contributed by atoms with van der Waals surface area (Å²) in [7, 11) is -0.831. The topological polar surface area (TPSA) is 87.2 Å². The zero-order valence-electron chi connectivity index (χ0n) is 18.8. The second kappa shape index (κ2) is 11.5. The van der Waals surface area contributed by atoms with Gasteiger partial charge in [0.05, 0.1) is 23.2 Å². The molecule has 0 spiro atoms. The lowest BCUT2D eigenvalue weighted by Crippen LogP contribution is -2.47. The summed E-state index contributed by atoms with van der Waals surface area (Å²) in [4.78, 5) is 14.1. The fourth-order valence-electron chi connectivity index (χ4n) is 3.42. The number of aliphatic hydroxyl groups excluding tert-OH is 1. The van der Waals surface area contributed by atoms with Crippen molar-refractivity contribution in [3.8, 4) is 0 Å². The van der Waals surface area contributed by atoms with E-state index >= 15 is 0 Å². The highest BCUT2D eigenvalue weighted by Gasteiger charge is 2.33. The minimum absolute atomic E-state index is 0.0420. The predicted octanol–water partition coefficient (Wildman–Crippen LogP) is 2.62. The van der Waals surface area contributed by atoms with Gasteiger partial charge in [0, 0.05) is 33.3 Å². The molecule has 2 aromatic carbocycles. The molecular formula is C23H31FN2O5S. The Labute approximate surface area is 189 Å². The van der Waals surface area contributed by atoms with Crippen molar-refractivity contribution in [2.75, 3.05) is 33.9 Å². The van der Waals surface area contributed by atoms with Gasteiger partial charge in [-0.05, 0) is 37.1 Å². The van der Waals surface area contributed by atoms with Crippen molar-refractivity contribution in [2.45, 2.75) is 30.9 Å². The molecule has 2 rings (SSSR count). The second-order valence-corrected chi connectivity index (χ2v) is 9.73. The molecule has 2 aromatic rings. The number of amides is 1. The van der Waals surface area contributed by atoms with Crippen LogP contribution in [0.25, 0.3) is 0 Å². The van der Waals surface area contributed by atoms with Crippen LogP contribution in [-0.4, -0.2) is 74.6 Å². The van der Waals surface area contributed by atoms with E-state index in [1.807, 2.05) is 6.92 Å². The number of sulfonamides is 1. The van der Waals surface area contributed by atoms with E-state index in [1.165, 1.54) is 46.6 Å². The molecule has 0 aliphatic carbocycles. The lowest BCUT2D eigenvalue weighted by atomic mass is 10.0. The predicted molar refractivity (Wildman–Crippen MR) is 120 cm³/mol. The smallest absolute Gasteiger partial charge is 0.256 e. The first-order valence-corrected chi connectivity index (χ1v) is 11.8. The van der Waals surface area contributed by atoms with Crippen molar-refractivity contribution < 1.29 is 27.4 Å². The number of likely N-dealkylation sites (N-methyl/N-ethyl adjacent to an activating group) is 1. The zero-order valence-corrected chi connectivity index (χ0v) is 19.6. The van der Waals surface area contributed by atoms with Gasteiger partial charge >= 0.3 is 0 Å². The molecule has 0 aromatic heterocycles. The van der Waals surface area contributed by atoms with Gasteiger partial charge in [-0.1, -0.05) is 37.3 Å². The molecule has 9 heteroatoms. The number of benzene rings is 2. The quantitative estimate of drug-likeness (QED) is 0.550. The Balaban J connectivity index is 2.19. The second-order valence-electron chi connectivity index (χ2n) is 7.84. The number of hydrogen-bond donors (Lipinski definition) is 1. The van der Waals surface area contributed by atoms with E-state index in [4.69, 9.17) is 4.74 Å². The third-order valence-corrected chi connectivity index (χ3v) is 7.41. The molecule has 32 heavy (non-hydrogen) atoms. The fraction of sp³-hybridized carbons (Fsp3) is 0.435. The van der Waals surface area contributed by atoms with Crippen molar-refractivity contribution in [3.05, 3.63) is 66.0 Å². The normalized spacial score (nSPS) is 14.7. The Hall–Kier alpha value is -2.33. The molecule has 3 atom stereocenters. The van der Waals surface area contributed by atoms with Gasteiger partial charge in [-0.25, -0.2) is 12.8 Å². The number of nitrogens with zero attached hydrogens (tertiary/aromatic N) is 2. The van der Waals surface area contributed by atoms with Gasteiger partial charge in [0.25, 0.3) is 5.91 Å². The summed E-state index contributed by atoms with van der Waals surface area (Å²) in [5, 5.41) is 9.67. The Bertz CT molecular complexity index is 987. The van der Waals surface area contributed by atoms with Crippen LogP contribution in [-0.2, 0) is 14.8 Å². The Morgan fingerprint density at radius 2 is 1.66 bits per heavy atom. The van der Waals surface area contributed by atoms with Crippen LogP contribution in [0.2, 0.25) is 0 Å². The molecule has 1 amide bonds. The lowest BCUT2D eigenvalue weighted by Gasteiger charge is -2.33. The van der Waals surface area contributed by atoms with Crippen LogP contribution < -0.4 is 0 Å². The molecule has 0 bridgehead atoms. The Kier molecular flexibility index (Phi) is 9.33. The van der Waals surface area contributed by atoms with Gasteiger partial charge in [-0.2, -0.15) is 4.31 Å². The Morgan fingerprint density at radius 1 is 1.06 bits per heavy atom. The van der Waals surface area contributed by atoms with E-state index in [2.05, 4.69) is 0 Å². The molecule has 1 N–H and O–H groups in total. The third kappa shape index (κ3) is 6.13. The summed E-state index contributed by atoms with van der Waals surface area (Å²) < 4.78 is 47.2. The molecule has 0 unspecified atom stereocenters. The van der Waals surface area contributed by atoms with Gasteiger partial charge in [-0.3, -0.25) is 4.79 Å². The number of halogens is 1. The maximum Gasteiger partial charge on any atom is 0.256 e. The molecule has 0 heterocycles. The summed E-state index contributed by atoms with van der Waals surface area (Å²) in [5.74, 6) is -1.43. The van der Waals surface area contributed by atoms with Crippen molar-refractivity contribution >= 4 is 15.9 Å². The number of carbonyl (C=O) groups excluding carboxylic acids is 1. The van der Waals surface area contributed by atoms with Crippen LogP contribution >= 0.6 is 0 Å². The van der Waals surface area contributed by atoms with E-state index in [0.29, 0.717) is 0 Å². The summed E-state index contributed by atoms with van der Waals surface area (Å²) in [6.45, 7) is 3.30. The van der Waals surface area contributed by atoms with E-state index in [1.54, 1.807) is 38.2 Å². The average molecular weight is 467 g/mol. The minimum atomic E-state index is -3.85. The number of carbonyl (C=O) groups is 1. The number of methoxy groups -OCH3 is 1. The SMILES string of the molecule is CO[C@H](CN(C)C(=O)c1ccccc1F)[C@@H](C)CN([C@H](C)CO)S(=O)(=O)c1ccccc1. The lowest BCUT2D eigenvalue weighted by molar-refractivity contribution is 0.0220. The molecule has 176 valence electrons. The van der Waals surface area contributed by atoms with E-state index in [-0.39, 0.29) is 36.1 Å². The van der Waals surface area contributed by atoms with Crippen molar-refractivity contribution in [3.63, 3.8) is 0 Å². The van der Waals surface area contributed by atoms with Gasteiger partial charge in [-0.15, -0.1) is 0 Å². The van der Waals surface area contributed by atoms with Crippen LogP contribution in [0.1, 0.15) is 24.2 Å². The molecule has 0 fully saturated rings. The first-order valence-electron chi connectivity index (χ1n) is 10.3. The zero-order chi connectivity index (χ0) is 23.9. The third-order valence-electron chi connectivity index (χ3n) is 5.42. The molecule has 0 radical (unpaired) electrons. The van der Waals surface area contributed by atoms with Crippen molar-refractivity contribution in [1.82, 2.24) is 9.21 Å². The summed E-state index contributed by atoms with van der Waals surface area (Å²) >= 11 is 0. The van der Waals surface area contributed by atoms with Gasteiger partial charge in [0.1, 0.15) is 5.82 Å². The van der Waals surface area contributed by atoms with E-state index < -0.39 is 33.9 Å². The van der Waals surface area contributed by atoms with Crippen LogP contribution in [0.5, 0.6) is 0 Å². The van der Waals surface area contributed by atoms with Crippen molar-refractivity contribution in [2.24, 2.45) is 5.92 Å². The first kappa shape index (κ1) is 25.9. The molecule has 0 saturated heterocycles. The van der Waals surface area contributed by atoms with E-state index in [0.717, 1.165) is 0 Å². The Morgan fingerprint density at radius 3 is 2.22 bits per heavy atom. The number of ether oxygens (including phenoxy) is 1. The summed E-state index contributed by atoms with van der Waals surface area (Å²) in [5.41, 5.74) is -0.0420. The summed E-state index contributed by atoms with van der Waals surface area (Å²) in [6, 6.07) is 13.1. The molecular weight excluding hydrogens is 435 g/mol. The standard InChI is InChI=1S/C23H31FN2O5S/c1-17(14-26(18(2)16-27)32(29,30)19-10-6-5-7-11-19)22(31-4)15-25(3)23(28)20-12-8-9-13-21(20)24/h5-13,17-18,22,27H,14-16H2,1-4H3/t17-,18+,22+/m0/s1. The highest BCUT2D eigenvalue weighted by Crippen LogP contribution is 2.22. The largest absolute Gasteiger partial charge is 0.395 e. The highest BCUT2D eigenvalue weighted by atomic mass is 32.2. The first-order chi connectivity index (χ1) is 15.1. The van der Waals surface area contributed by atoms with Gasteiger partial charge < -0.3 is 14.7 Å². The monoisotopic (exact) mass is 466 g/mol. The van der Waals surface area contributed by atoms with Crippen LogP contribution in [0, 0.1) is 11.7 Å². The van der Waals surface area contributed by atoms with Crippen LogP contribution in [0.4, 0.5) is 4.39 Å². The molecule has 7 nitrogen and oxygen atoms in total. The van der Waals surface area contributed by atoms with E-state index in [9.17, 15) is 22.7 Å². The molecule has 0 aliphatic heterocycles. The van der Waals surface area contributed by atoms with Crippen LogP contribution in [0.3, 0.4) is 0 Å². The maximum absolute atomic E-state index is 14.0. The minimum Gasteiger partial charge on any atom is -0.395 e. The highest BCUT2D eigenvalue weighted by molar-refractivity contribution is 7.89. The molecule has 0 aliphatic rings. The fourth-order valence-corrected chi connectivity index (χ4v) is 5.16. The number of rotatable bonds is 11. The number of hydrogen-bond acceptors (Lipinski definition) is 5. The van der Waals surface area contributed by atoms with Gasteiger partial charge in [0.2, 0.25) is 10.0 Å². The number of aliphatic hydroxyl groups is 1. The maximum atomic E-state index is 14.0. The summed E-state index contributed by atoms with van der Waals surface area (Å²) in [6.07, 6.45) is -0.518. The van der Waals surface area contributed by atoms with Gasteiger partial charge in [0.15, 0.2) is 0 Å². The average Bonchev–Trinajstić information content (AvgIpc) is 2.80. The molecule has 0 saturated carbocycles. The van der Waals surface area contributed by atoms with Crippen molar-refractivity contribution in [1.29, 1.82) is 0 Å².